The van der Waals surface area contributed by atoms with Gasteiger partial charge in [-0.2, -0.15) is 0 Å². The number of rotatable bonds is 3. The topological polar surface area (TPSA) is 61.2 Å². The molecule has 0 radical (unpaired) electrons. The van der Waals surface area contributed by atoms with Gasteiger partial charge in [-0.1, -0.05) is 11.6 Å². The van der Waals surface area contributed by atoms with Gasteiger partial charge in [-0.3, -0.25) is 10.1 Å². The summed E-state index contributed by atoms with van der Waals surface area (Å²) in [5.41, 5.74) is 2.29. The van der Waals surface area contributed by atoms with Gasteiger partial charge in [-0.15, -0.1) is 0 Å². The van der Waals surface area contributed by atoms with Gasteiger partial charge in [0.2, 0.25) is 0 Å². The number of hydrogen-bond donors (Lipinski definition) is 0. The molecule has 0 atom stereocenters. The van der Waals surface area contributed by atoms with Gasteiger partial charge in [0.25, 0.3) is 0 Å². The Balaban J connectivity index is 1.94. The fourth-order valence-corrected chi connectivity index (χ4v) is 2.18. The van der Waals surface area contributed by atoms with Crippen LogP contribution in [0.1, 0.15) is 11.3 Å². The SMILES string of the molecule is Cc1ccc2c(ccn2Cc2ccc([N+](=O)[O-])o2)c1. The lowest BCUT2D eigenvalue weighted by atomic mass is 10.2. The maximum absolute atomic E-state index is 10.6. The fraction of sp³-hybridized carbons (Fsp3) is 0.143. The minimum atomic E-state index is -0.527. The normalized spacial score (nSPS) is 11.0. The molecule has 0 bridgehead atoms. The standard InChI is InChI=1S/C14H12N2O3/c1-10-2-4-13-11(8-10)6-7-15(13)9-12-3-5-14(19-12)16(17)18/h2-8H,9H2,1H3. The van der Waals surface area contributed by atoms with Crippen LogP contribution in [0.15, 0.2) is 47.0 Å². The van der Waals surface area contributed by atoms with Crippen molar-refractivity contribution in [2.45, 2.75) is 13.5 Å². The van der Waals surface area contributed by atoms with E-state index in [0.29, 0.717) is 12.3 Å². The Bertz CT molecular complexity index is 755. The van der Waals surface area contributed by atoms with E-state index in [0.717, 1.165) is 10.9 Å². The first-order valence-corrected chi connectivity index (χ1v) is 5.92. The smallest absolute Gasteiger partial charge is 0.404 e. The molecule has 96 valence electrons. The molecule has 0 aliphatic carbocycles. The summed E-state index contributed by atoms with van der Waals surface area (Å²) in [7, 11) is 0. The van der Waals surface area contributed by atoms with Crippen molar-refractivity contribution >= 4 is 16.8 Å². The van der Waals surface area contributed by atoms with Gasteiger partial charge in [0.1, 0.15) is 10.7 Å². The molecule has 19 heavy (non-hydrogen) atoms. The molecule has 0 N–H and O–H groups in total. The van der Waals surface area contributed by atoms with E-state index in [2.05, 4.69) is 6.07 Å². The number of aryl methyl sites for hydroxylation is 1. The summed E-state index contributed by atoms with van der Waals surface area (Å²) in [5, 5.41) is 11.7. The second kappa shape index (κ2) is 4.28. The van der Waals surface area contributed by atoms with Crippen molar-refractivity contribution < 1.29 is 9.34 Å². The zero-order valence-electron chi connectivity index (χ0n) is 10.4. The van der Waals surface area contributed by atoms with Crippen LogP contribution >= 0.6 is 0 Å². The molecule has 3 aromatic rings. The Morgan fingerprint density at radius 1 is 1.26 bits per heavy atom. The molecule has 0 amide bonds. The third kappa shape index (κ3) is 2.10. The first-order valence-electron chi connectivity index (χ1n) is 5.92. The van der Waals surface area contributed by atoms with Crippen molar-refractivity contribution in [2.75, 3.05) is 0 Å². The number of aromatic nitrogens is 1. The van der Waals surface area contributed by atoms with Gasteiger partial charge < -0.3 is 8.98 Å². The summed E-state index contributed by atoms with van der Waals surface area (Å²) in [6.45, 7) is 2.53. The Labute approximate surface area is 109 Å². The van der Waals surface area contributed by atoms with Crippen LogP contribution in [0.5, 0.6) is 0 Å². The van der Waals surface area contributed by atoms with Crippen LogP contribution in [0.3, 0.4) is 0 Å². The van der Waals surface area contributed by atoms with Crippen molar-refractivity contribution in [3.8, 4) is 0 Å². The first-order chi connectivity index (χ1) is 9.13. The molecule has 1 aromatic carbocycles. The predicted molar refractivity (Wildman–Crippen MR) is 71.1 cm³/mol. The van der Waals surface area contributed by atoms with E-state index >= 15 is 0 Å². The highest BCUT2D eigenvalue weighted by Gasteiger charge is 2.12. The summed E-state index contributed by atoms with van der Waals surface area (Å²) in [4.78, 5) is 10.0. The quantitative estimate of drug-likeness (QED) is 0.532. The summed E-state index contributed by atoms with van der Waals surface area (Å²) in [6.07, 6.45) is 1.96. The van der Waals surface area contributed by atoms with E-state index in [1.54, 1.807) is 6.07 Å². The molecular formula is C14H12N2O3. The van der Waals surface area contributed by atoms with Crippen LogP contribution in [0.2, 0.25) is 0 Å². The molecule has 3 rings (SSSR count). The number of fused-ring (bicyclic) bond motifs is 1. The van der Waals surface area contributed by atoms with E-state index in [-0.39, 0.29) is 5.88 Å². The molecule has 2 aromatic heterocycles. The highest BCUT2D eigenvalue weighted by atomic mass is 16.6. The van der Waals surface area contributed by atoms with Crippen molar-refractivity contribution in [1.29, 1.82) is 0 Å². The van der Waals surface area contributed by atoms with Gasteiger partial charge in [0.15, 0.2) is 0 Å². The average molecular weight is 256 g/mol. The van der Waals surface area contributed by atoms with E-state index in [1.807, 2.05) is 35.9 Å². The summed E-state index contributed by atoms with van der Waals surface area (Å²) in [6, 6.07) is 11.2. The van der Waals surface area contributed by atoms with Gasteiger partial charge in [-0.25, -0.2) is 0 Å². The number of nitrogens with zero attached hydrogens (tertiary/aromatic N) is 2. The maximum Gasteiger partial charge on any atom is 0.433 e. The first kappa shape index (κ1) is 11.5. The minimum absolute atomic E-state index is 0.220. The molecule has 0 unspecified atom stereocenters. The van der Waals surface area contributed by atoms with Gasteiger partial charge in [0.05, 0.1) is 12.6 Å². The Hall–Kier alpha value is -2.56. The number of nitro groups is 1. The molecule has 5 nitrogen and oxygen atoms in total. The van der Waals surface area contributed by atoms with E-state index < -0.39 is 4.92 Å². The Kier molecular flexibility index (Phi) is 2.59. The van der Waals surface area contributed by atoms with E-state index in [9.17, 15) is 10.1 Å². The van der Waals surface area contributed by atoms with Crippen LogP contribution in [-0.2, 0) is 6.54 Å². The zero-order valence-corrected chi connectivity index (χ0v) is 10.4. The summed E-state index contributed by atoms with van der Waals surface area (Å²) in [5.74, 6) is 0.354. The molecule has 0 saturated carbocycles. The molecule has 0 aliphatic heterocycles. The van der Waals surface area contributed by atoms with Crippen LogP contribution in [0.4, 0.5) is 5.88 Å². The van der Waals surface area contributed by atoms with Crippen LogP contribution in [0.25, 0.3) is 10.9 Å². The zero-order chi connectivity index (χ0) is 13.4. The number of hydrogen-bond acceptors (Lipinski definition) is 3. The third-order valence-corrected chi connectivity index (χ3v) is 3.08. The molecule has 0 fully saturated rings. The predicted octanol–water partition coefficient (Wildman–Crippen LogP) is 3.50. The van der Waals surface area contributed by atoms with Crippen LogP contribution in [-0.4, -0.2) is 9.49 Å². The van der Waals surface area contributed by atoms with E-state index in [1.165, 1.54) is 11.6 Å². The lowest BCUT2D eigenvalue weighted by Gasteiger charge is -2.02. The van der Waals surface area contributed by atoms with E-state index in [4.69, 9.17) is 4.42 Å². The molecule has 0 saturated heterocycles. The van der Waals surface area contributed by atoms with Crippen molar-refractivity contribution in [3.05, 3.63) is 64.0 Å². The second-order valence-corrected chi connectivity index (χ2v) is 4.50. The number of benzene rings is 1. The fourth-order valence-electron chi connectivity index (χ4n) is 2.18. The second-order valence-electron chi connectivity index (χ2n) is 4.50. The minimum Gasteiger partial charge on any atom is -0.404 e. The largest absolute Gasteiger partial charge is 0.433 e. The Morgan fingerprint density at radius 2 is 2.11 bits per heavy atom. The van der Waals surface area contributed by atoms with Gasteiger partial charge in [-0.05, 0) is 36.6 Å². The summed E-state index contributed by atoms with van der Waals surface area (Å²) >= 11 is 0. The third-order valence-electron chi connectivity index (χ3n) is 3.08. The van der Waals surface area contributed by atoms with Crippen LogP contribution < -0.4 is 0 Å². The molecular weight excluding hydrogens is 244 g/mol. The van der Waals surface area contributed by atoms with Crippen molar-refractivity contribution in [1.82, 2.24) is 4.57 Å². The molecule has 5 heteroatoms. The molecule has 0 spiro atoms. The summed E-state index contributed by atoms with van der Waals surface area (Å²) < 4.78 is 7.18. The molecule has 2 heterocycles. The highest BCUT2D eigenvalue weighted by Crippen LogP contribution is 2.21. The lowest BCUT2D eigenvalue weighted by molar-refractivity contribution is -0.402. The average Bonchev–Trinajstić information content (AvgIpc) is 2.97. The van der Waals surface area contributed by atoms with Crippen LogP contribution in [0, 0.1) is 17.0 Å². The lowest BCUT2D eigenvalue weighted by Crippen LogP contribution is -1.96. The van der Waals surface area contributed by atoms with Gasteiger partial charge in [0, 0.05) is 11.7 Å². The number of furan rings is 1. The van der Waals surface area contributed by atoms with Gasteiger partial charge >= 0.3 is 5.88 Å². The molecule has 0 aliphatic rings. The highest BCUT2D eigenvalue weighted by molar-refractivity contribution is 5.80. The van der Waals surface area contributed by atoms with Crippen molar-refractivity contribution in [2.24, 2.45) is 0 Å². The monoisotopic (exact) mass is 256 g/mol. The Morgan fingerprint density at radius 3 is 2.84 bits per heavy atom. The maximum atomic E-state index is 10.6. The van der Waals surface area contributed by atoms with Crippen molar-refractivity contribution in [3.63, 3.8) is 0 Å².